The van der Waals surface area contributed by atoms with E-state index in [0.717, 1.165) is 13.2 Å². The third-order valence-electron chi connectivity index (χ3n) is 6.68. The third kappa shape index (κ3) is 7.92. The Bertz CT molecular complexity index is 941. The van der Waals surface area contributed by atoms with E-state index < -0.39 is 85.0 Å². The highest BCUT2D eigenvalue weighted by Gasteiger charge is 2.69. The molecule has 6 atom stereocenters. The van der Waals surface area contributed by atoms with E-state index in [9.17, 15) is 34.5 Å². The number of esters is 4. The van der Waals surface area contributed by atoms with Crippen molar-refractivity contribution in [2.24, 2.45) is 23.7 Å². The first-order chi connectivity index (χ1) is 18.0. The number of aliphatic hydroxyl groups is 3. The quantitative estimate of drug-likeness (QED) is 0.232. The second kappa shape index (κ2) is 13.1. The van der Waals surface area contributed by atoms with Gasteiger partial charge in [-0.05, 0) is 11.8 Å². The van der Waals surface area contributed by atoms with Crippen molar-refractivity contribution in [3.05, 3.63) is 11.8 Å². The van der Waals surface area contributed by atoms with Crippen LogP contribution in [0.1, 0.15) is 67.7 Å². The van der Waals surface area contributed by atoms with Crippen LogP contribution in [-0.4, -0.2) is 82.1 Å². The fraction of sp³-hybridized carbons (Fsp3) is 0.778. The highest BCUT2D eigenvalue weighted by molar-refractivity contribution is 5.79. The lowest BCUT2D eigenvalue weighted by molar-refractivity contribution is -0.239. The Kier molecular flexibility index (Phi) is 10.9. The zero-order valence-electron chi connectivity index (χ0n) is 23.7. The van der Waals surface area contributed by atoms with Crippen LogP contribution >= 0.6 is 0 Å². The van der Waals surface area contributed by atoms with Crippen LogP contribution in [0.15, 0.2) is 11.8 Å². The molecule has 1 aliphatic heterocycles. The van der Waals surface area contributed by atoms with E-state index in [2.05, 4.69) is 0 Å². The predicted octanol–water partition coefficient (Wildman–Crippen LogP) is 1.38. The minimum atomic E-state index is -2.26. The first kappa shape index (κ1) is 32.5. The van der Waals surface area contributed by atoms with Crippen LogP contribution in [0.2, 0.25) is 0 Å². The Hall–Kier alpha value is -2.70. The molecule has 0 radical (unpaired) electrons. The number of carbonyl (C=O) groups is 4. The third-order valence-corrected chi connectivity index (χ3v) is 6.68. The Morgan fingerprint density at radius 3 is 2.13 bits per heavy atom. The molecule has 12 nitrogen and oxygen atoms in total. The maximum Gasteiger partial charge on any atom is 0.348 e. The van der Waals surface area contributed by atoms with Crippen LogP contribution < -0.4 is 0 Å². The van der Waals surface area contributed by atoms with Crippen molar-refractivity contribution in [1.82, 2.24) is 0 Å². The van der Waals surface area contributed by atoms with Crippen LogP contribution in [0, 0.1) is 23.7 Å². The van der Waals surface area contributed by atoms with Gasteiger partial charge in [0.25, 0.3) is 6.29 Å². The number of carbonyl (C=O) groups excluding carboxylic acids is 4. The highest BCUT2D eigenvalue weighted by Crippen LogP contribution is 2.52. The Labute approximate surface area is 228 Å². The lowest BCUT2D eigenvalue weighted by Crippen LogP contribution is -2.59. The molecule has 1 fully saturated rings. The first-order valence-electron chi connectivity index (χ1n) is 13.2. The zero-order valence-corrected chi connectivity index (χ0v) is 23.7. The van der Waals surface area contributed by atoms with Crippen LogP contribution in [0.25, 0.3) is 0 Å². The smallest absolute Gasteiger partial charge is 0.348 e. The molecule has 0 amide bonds. The van der Waals surface area contributed by atoms with Crippen molar-refractivity contribution in [1.29, 1.82) is 0 Å². The summed E-state index contributed by atoms with van der Waals surface area (Å²) in [6.07, 6.45) is -3.64. The minimum Gasteiger partial charge on any atom is -0.463 e. The molecular formula is C27H42O12. The molecule has 2 rings (SSSR count). The molecule has 0 aromatic carbocycles. The van der Waals surface area contributed by atoms with Gasteiger partial charge in [0, 0.05) is 37.7 Å². The summed E-state index contributed by atoms with van der Waals surface area (Å²) in [7, 11) is 0. The number of fused-ring (bicyclic) bond motifs is 1. The van der Waals surface area contributed by atoms with Gasteiger partial charge in [0.05, 0.1) is 12.4 Å². The van der Waals surface area contributed by atoms with Gasteiger partial charge in [0.15, 0.2) is 0 Å². The monoisotopic (exact) mass is 558 g/mol. The summed E-state index contributed by atoms with van der Waals surface area (Å²) in [5.74, 6) is -4.76. The van der Waals surface area contributed by atoms with Gasteiger partial charge >= 0.3 is 23.9 Å². The molecule has 1 unspecified atom stereocenters. The topological polar surface area (TPSA) is 175 Å². The molecule has 1 saturated carbocycles. The van der Waals surface area contributed by atoms with Crippen molar-refractivity contribution in [3.63, 3.8) is 0 Å². The zero-order chi connectivity index (χ0) is 29.7. The van der Waals surface area contributed by atoms with E-state index in [1.807, 2.05) is 13.8 Å². The second-order valence-corrected chi connectivity index (χ2v) is 11.5. The van der Waals surface area contributed by atoms with Crippen LogP contribution in [0.3, 0.4) is 0 Å². The van der Waals surface area contributed by atoms with Gasteiger partial charge in [-0.25, -0.2) is 4.79 Å². The SMILES string of the molecule is CC(=O)OC[C@@]1(O)[C@H]2[C@H](OC(=O)CC(C)C)OC=C(COC(=O)C(OC(=O)CC(C)C)C(C)C)[C@@]2(O)C[C@@H]1O. The van der Waals surface area contributed by atoms with Crippen molar-refractivity contribution in [2.75, 3.05) is 13.2 Å². The van der Waals surface area contributed by atoms with E-state index in [1.54, 1.807) is 27.7 Å². The molecule has 1 aliphatic carbocycles. The van der Waals surface area contributed by atoms with E-state index in [1.165, 1.54) is 0 Å². The molecule has 0 bridgehead atoms. The number of aliphatic hydroxyl groups excluding tert-OH is 1. The van der Waals surface area contributed by atoms with Gasteiger partial charge in [-0.3, -0.25) is 14.4 Å². The normalized spacial score (nSPS) is 28.8. The van der Waals surface area contributed by atoms with Crippen molar-refractivity contribution < 1.29 is 58.2 Å². The Balaban J connectivity index is 2.31. The molecule has 2 aliphatic rings. The number of hydrogen-bond donors (Lipinski definition) is 3. The number of ether oxygens (including phenoxy) is 5. The molecule has 0 saturated heterocycles. The molecule has 0 aromatic rings. The largest absolute Gasteiger partial charge is 0.463 e. The van der Waals surface area contributed by atoms with Crippen molar-refractivity contribution in [3.8, 4) is 0 Å². The molecule has 0 spiro atoms. The molecule has 0 aromatic heterocycles. The Morgan fingerprint density at radius 1 is 1.00 bits per heavy atom. The second-order valence-electron chi connectivity index (χ2n) is 11.5. The van der Waals surface area contributed by atoms with Gasteiger partial charge in [-0.1, -0.05) is 41.5 Å². The van der Waals surface area contributed by atoms with E-state index >= 15 is 0 Å². The molecule has 12 heteroatoms. The fourth-order valence-corrected chi connectivity index (χ4v) is 4.72. The van der Waals surface area contributed by atoms with Crippen molar-refractivity contribution in [2.45, 2.75) is 97.4 Å². The fourth-order valence-electron chi connectivity index (χ4n) is 4.72. The van der Waals surface area contributed by atoms with Gasteiger partial charge < -0.3 is 39.0 Å². The first-order valence-corrected chi connectivity index (χ1v) is 13.2. The lowest BCUT2D eigenvalue weighted by atomic mass is 9.77. The summed E-state index contributed by atoms with van der Waals surface area (Å²) < 4.78 is 26.6. The summed E-state index contributed by atoms with van der Waals surface area (Å²) >= 11 is 0. The van der Waals surface area contributed by atoms with Crippen LogP contribution in [0.5, 0.6) is 0 Å². The van der Waals surface area contributed by atoms with Gasteiger partial charge in [0.2, 0.25) is 6.10 Å². The molecular weight excluding hydrogens is 516 g/mol. The van der Waals surface area contributed by atoms with Crippen molar-refractivity contribution >= 4 is 23.9 Å². The summed E-state index contributed by atoms with van der Waals surface area (Å²) in [5, 5.41) is 33.9. The summed E-state index contributed by atoms with van der Waals surface area (Å²) in [6.45, 7) is 10.5. The number of rotatable bonds is 12. The van der Waals surface area contributed by atoms with Crippen LogP contribution in [0.4, 0.5) is 0 Å². The van der Waals surface area contributed by atoms with Gasteiger partial charge in [-0.15, -0.1) is 0 Å². The maximum absolute atomic E-state index is 12.9. The van der Waals surface area contributed by atoms with E-state index in [-0.39, 0.29) is 30.3 Å². The lowest BCUT2D eigenvalue weighted by Gasteiger charge is -2.43. The molecule has 222 valence electrons. The average molecular weight is 559 g/mol. The Morgan fingerprint density at radius 2 is 1.59 bits per heavy atom. The predicted molar refractivity (Wildman–Crippen MR) is 134 cm³/mol. The number of hydrogen-bond acceptors (Lipinski definition) is 12. The van der Waals surface area contributed by atoms with Gasteiger partial charge in [-0.2, -0.15) is 0 Å². The molecule has 3 N–H and O–H groups in total. The van der Waals surface area contributed by atoms with Gasteiger partial charge in [0.1, 0.15) is 30.3 Å². The standard InChI is InChI=1S/C27H42O12/c1-14(2)8-20(30)38-22(16(5)6)24(32)35-11-18-12-36-25(39-21(31)9-15(3)4)23-26(18,33)10-19(29)27(23,34)13-37-17(7)28/h12,14-16,19,22-23,25,29,33-34H,8-11,13H2,1-7H3/t19-,22?,23-,25-,26-,27-/m0/s1. The maximum atomic E-state index is 12.9. The highest BCUT2D eigenvalue weighted by atomic mass is 16.7. The summed E-state index contributed by atoms with van der Waals surface area (Å²) in [6, 6.07) is 0. The van der Waals surface area contributed by atoms with E-state index in [4.69, 9.17) is 23.7 Å². The minimum absolute atomic E-state index is 0.0240. The molecule has 1 heterocycles. The van der Waals surface area contributed by atoms with Crippen LogP contribution in [-0.2, 0) is 42.9 Å². The van der Waals surface area contributed by atoms with E-state index in [0.29, 0.717) is 0 Å². The summed E-state index contributed by atoms with van der Waals surface area (Å²) in [5.41, 5.74) is -4.37. The summed E-state index contributed by atoms with van der Waals surface area (Å²) in [4.78, 5) is 48.9. The average Bonchev–Trinajstić information content (AvgIpc) is 3.00. The molecule has 39 heavy (non-hydrogen) atoms.